The number of carbonyl (C=O) groups is 2. The second-order valence-corrected chi connectivity index (χ2v) is 7.03. The van der Waals surface area contributed by atoms with Gasteiger partial charge in [-0.2, -0.15) is 0 Å². The van der Waals surface area contributed by atoms with Crippen LogP contribution in [0.25, 0.3) is 0 Å². The van der Waals surface area contributed by atoms with E-state index in [0.29, 0.717) is 11.5 Å². The molecule has 0 saturated heterocycles. The molecule has 126 valence electrons. The van der Waals surface area contributed by atoms with Crippen molar-refractivity contribution in [3.05, 3.63) is 70.8 Å². The quantitative estimate of drug-likeness (QED) is 0.474. The highest BCUT2D eigenvalue weighted by Crippen LogP contribution is 2.59. The van der Waals surface area contributed by atoms with E-state index >= 15 is 0 Å². The van der Waals surface area contributed by atoms with E-state index < -0.39 is 17.5 Å². The highest BCUT2D eigenvalue weighted by atomic mass is 16.6. The smallest absolute Gasteiger partial charge is 0.347 e. The molecule has 0 amide bonds. The van der Waals surface area contributed by atoms with Gasteiger partial charge < -0.3 is 9.47 Å². The molecule has 4 nitrogen and oxygen atoms in total. The van der Waals surface area contributed by atoms with Gasteiger partial charge in [-0.05, 0) is 42.4 Å². The number of esters is 2. The van der Waals surface area contributed by atoms with Crippen molar-refractivity contribution in [2.24, 2.45) is 11.8 Å². The van der Waals surface area contributed by atoms with Crippen LogP contribution in [0.4, 0.5) is 0 Å². The Morgan fingerprint density at radius 1 is 1.32 bits per heavy atom. The third-order valence-corrected chi connectivity index (χ3v) is 5.92. The van der Waals surface area contributed by atoms with Crippen molar-refractivity contribution in [3.8, 4) is 0 Å². The van der Waals surface area contributed by atoms with Crippen LogP contribution in [-0.2, 0) is 25.5 Å². The van der Waals surface area contributed by atoms with Crippen molar-refractivity contribution >= 4 is 11.9 Å². The van der Waals surface area contributed by atoms with Gasteiger partial charge in [0.05, 0.1) is 6.61 Å². The lowest BCUT2D eigenvalue weighted by Gasteiger charge is -2.40. The van der Waals surface area contributed by atoms with Crippen molar-refractivity contribution in [2.75, 3.05) is 6.61 Å². The highest BCUT2D eigenvalue weighted by molar-refractivity contribution is 6.17. The van der Waals surface area contributed by atoms with Gasteiger partial charge in [-0.3, -0.25) is 0 Å². The molecule has 1 spiro atoms. The summed E-state index contributed by atoms with van der Waals surface area (Å²) in [5, 5.41) is 0. The van der Waals surface area contributed by atoms with Crippen LogP contribution in [0.2, 0.25) is 0 Å². The van der Waals surface area contributed by atoms with Crippen LogP contribution < -0.4 is 0 Å². The Morgan fingerprint density at radius 2 is 2.16 bits per heavy atom. The molecule has 1 aromatic carbocycles. The molecule has 0 fully saturated rings. The largest absolute Gasteiger partial charge is 0.462 e. The van der Waals surface area contributed by atoms with Gasteiger partial charge >= 0.3 is 11.9 Å². The molecule has 1 heterocycles. The van der Waals surface area contributed by atoms with Gasteiger partial charge in [0, 0.05) is 11.5 Å². The zero-order chi connectivity index (χ0) is 17.2. The first-order valence-corrected chi connectivity index (χ1v) is 8.76. The van der Waals surface area contributed by atoms with Crippen LogP contribution in [-0.4, -0.2) is 24.1 Å². The van der Waals surface area contributed by atoms with E-state index in [1.807, 2.05) is 24.3 Å². The van der Waals surface area contributed by atoms with Gasteiger partial charge in [-0.1, -0.05) is 42.5 Å². The average molecular weight is 334 g/mol. The second-order valence-electron chi connectivity index (χ2n) is 7.03. The SMILES string of the molecule is CCOC(=O)C1=C2C=C[C@H]3C=C[C@]2(OC1=O)[C@H]1c2ccccc2C[C@@H]31. The molecule has 1 aliphatic heterocycles. The molecule has 0 aromatic heterocycles. The summed E-state index contributed by atoms with van der Waals surface area (Å²) < 4.78 is 11.0. The zero-order valence-corrected chi connectivity index (χ0v) is 13.9. The molecule has 2 bridgehead atoms. The Balaban J connectivity index is 1.74. The van der Waals surface area contributed by atoms with E-state index in [0.717, 1.165) is 6.42 Å². The zero-order valence-electron chi connectivity index (χ0n) is 13.9. The molecule has 0 saturated carbocycles. The molecule has 6 rings (SSSR count). The van der Waals surface area contributed by atoms with Crippen LogP contribution in [0.15, 0.2) is 59.7 Å². The molecule has 5 aliphatic rings. The molecule has 0 radical (unpaired) electrons. The van der Waals surface area contributed by atoms with E-state index in [1.165, 1.54) is 11.1 Å². The van der Waals surface area contributed by atoms with E-state index in [4.69, 9.17) is 9.47 Å². The van der Waals surface area contributed by atoms with Crippen LogP contribution in [0.1, 0.15) is 24.0 Å². The molecule has 4 aliphatic carbocycles. The van der Waals surface area contributed by atoms with Gasteiger partial charge in [0.25, 0.3) is 0 Å². The Kier molecular flexibility index (Phi) is 2.91. The third kappa shape index (κ3) is 1.77. The Morgan fingerprint density at radius 3 is 3.00 bits per heavy atom. The summed E-state index contributed by atoms with van der Waals surface area (Å²) in [6.07, 6.45) is 9.08. The average Bonchev–Trinajstić information content (AvgIpc) is 3.02. The van der Waals surface area contributed by atoms with Crippen LogP contribution in [0.3, 0.4) is 0 Å². The lowest BCUT2D eigenvalue weighted by molar-refractivity contribution is -0.150. The Bertz CT molecular complexity index is 891. The number of fused-ring (bicyclic) bond motifs is 1. The van der Waals surface area contributed by atoms with Gasteiger partial charge in [0.2, 0.25) is 0 Å². The Labute approximate surface area is 145 Å². The number of carbonyl (C=O) groups excluding carboxylic acids is 2. The Hall–Kier alpha value is -2.62. The lowest BCUT2D eigenvalue weighted by Crippen LogP contribution is -2.42. The monoisotopic (exact) mass is 334 g/mol. The van der Waals surface area contributed by atoms with Crippen LogP contribution >= 0.6 is 0 Å². The summed E-state index contributed by atoms with van der Waals surface area (Å²) in [7, 11) is 0. The first-order valence-electron chi connectivity index (χ1n) is 8.76. The minimum absolute atomic E-state index is 0.0413. The second kappa shape index (κ2) is 4.94. The summed E-state index contributed by atoms with van der Waals surface area (Å²) in [5.74, 6) is -0.509. The fourth-order valence-corrected chi connectivity index (χ4v) is 4.98. The van der Waals surface area contributed by atoms with Gasteiger partial charge in [0.1, 0.15) is 0 Å². The van der Waals surface area contributed by atoms with Crippen LogP contribution in [0.5, 0.6) is 0 Å². The molecule has 4 atom stereocenters. The first kappa shape index (κ1) is 14.7. The van der Waals surface area contributed by atoms with Crippen molar-refractivity contribution < 1.29 is 19.1 Å². The van der Waals surface area contributed by atoms with Crippen molar-refractivity contribution in [1.29, 1.82) is 0 Å². The molecular formula is C21H18O4. The summed E-state index contributed by atoms with van der Waals surface area (Å²) in [4.78, 5) is 25.0. The van der Waals surface area contributed by atoms with Crippen molar-refractivity contribution in [2.45, 2.75) is 24.9 Å². The molecule has 0 N–H and O–H groups in total. The number of hydrogen-bond acceptors (Lipinski definition) is 4. The number of rotatable bonds is 2. The van der Waals surface area contributed by atoms with E-state index in [9.17, 15) is 9.59 Å². The number of hydrogen-bond donors (Lipinski definition) is 0. The molecule has 25 heavy (non-hydrogen) atoms. The predicted molar refractivity (Wildman–Crippen MR) is 90.6 cm³/mol. The first-order chi connectivity index (χ1) is 12.2. The van der Waals surface area contributed by atoms with Gasteiger partial charge in [-0.15, -0.1) is 0 Å². The summed E-state index contributed by atoms with van der Waals surface area (Å²) in [5.41, 5.74) is 2.34. The van der Waals surface area contributed by atoms with Crippen LogP contribution in [0, 0.1) is 11.8 Å². The number of benzene rings is 1. The topological polar surface area (TPSA) is 52.6 Å². The molecule has 1 aromatic rings. The highest BCUT2D eigenvalue weighted by Gasteiger charge is 2.60. The third-order valence-electron chi connectivity index (χ3n) is 5.92. The predicted octanol–water partition coefficient (Wildman–Crippen LogP) is 2.85. The molecular weight excluding hydrogens is 316 g/mol. The summed E-state index contributed by atoms with van der Waals surface area (Å²) in [6, 6.07) is 8.35. The standard InChI is InChI=1S/C21H18O4/c1-2-24-19(22)17-16-8-7-12-9-10-21(16,25-20(17)23)18-14-6-4-3-5-13(14)11-15(12)18/h3-10,12,15,18H,2,11H2,1H3/t12-,15-,18-,21+/m0/s1. The maximum absolute atomic E-state index is 12.6. The number of allylic oxidation sites excluding steroid dienone is 2. The fraction of sp³-hybridized carbons (Fsp3) is 0.333. The molecule has 0 unspecified atom stereocenters. The maximum atomic E-state index is 12.6. The molecule has 4 heteroatoms. The van der Waals surface area contributed by atoms with E-state index in [2.05, 4.69) is 24.3 Å². The van der Waals surface area contributed by atoms with Gasteiger partial charge in [0.15, 0.2) is 11.2 Å². The minimum Gasteiger partial charge on any atom is -0.462 e. The maximum Gasteiger partial charge on any atom is 0.347 e. The van der Waals surface area contributed by atoms with Crippen molar-refractivity contribution in [1.82, 2.24) is 0 Å². The summed E-state index contributed by atoms with van der Waals surface area (Å²) >= 11 is 0. The van der Waals surface area contributed by atoms with Crippen molar-refractivity contribution in [3.63, 3.8) is 0 Å². The van der Waals surface area contributed by atoms with Gasteiger partial charge in [-0.25, -0.2) is 9.59 Å². The summed E-state index contributed by atoms with van der Waals surface area (Å²) in [6.45, 7) is 1.96. The van der Waals surface area contributed by atoms with E-state index in [1.54, 1.807) is 6.92 Å². The van der Waals surface area contributed by atoms with E-state index in [-0.39, 0.29) is 24.0 Å². The minimum atomic E-state index is -0.889. The fourth-order valence-electron chi connectivity index (χ4n) is 4.98. The lowest BCUT2D eigenvalue weighted by atomic mass is 9.68. The normalized spacial score (nSPS) is 33.6. The number of ether oxygens (including phenoxy) is 2.